The third-order valence-corrected chi connectivity index (χ3v) is 3.31. The summed E-state index contributed by atoms with van der Waals surface area (Å²) in [7, 11) is 1.99. The minimum atomic E-state index is -0.452. The summed E-state index contributed by atoms with van der Waals surface area (Å²) >= 11 is 0. The van der Waals surface area contributed by atoms with E-state index in [1.54, 1.807) is 0 Å². The predicted octanol–water partition coefficient (Wildman–Crippen LogP) is 1.79. The van der Waals surface area contributed by atoms with Gasteiger partial charge in [0, 0.05) is 24.7 Å². The van der Waals surface area contributed by atoms with Gasteiger partial charge in [-0.05, 0) is 37.9 Å². The molecular weight excluding hydrogens is 222 g/mol. The summed E-state index contributed by atoms with van der Waals surface area (Å²) in [4.78, 5) is 2.12. The zero-order valence-electron chi connectivity index (χ0n) is 10.00. The fraction of sp³-hybridized carbons (Fsp3) is 0.538. The van der Waals surface area contributed by atoms with Gasteiger partial charge in [-0.3, -0.25) is 0 Å². The first-order valence-electron chi connectivity index (χ1n) is 5.93. The Hall–Kier alpha value is -1.00. The summed E-state index contributed by atoms with van der Waals surface area (Å²) in [5.74, 6) is -0.672. The number of likely N-dealkylation sites (tertiary alicyclic amines) is 1. The van der Waals surface area contributed by atoms with E-state index in [2.05, 4.69) is 4.90 Å². The van der Waals surface area contributed by atoms with Crippen LogP contribution in [0.2, 0.25) is 0 Å². The zero-order chi connectivity index (χ0) is 12.4. The van der Waals surface area contributed by atoms with Gasteiger partial charge < -0.3 is 10.6 Å². The lowest BCUT2D eigenvalue weighted by Crippen LogP contribution is -2.45. The molecule has 2 rings (SSSR count). The molecule has 0 aliphatic carbocycles. The molecule has 1 fully saturated rings. The Morgan fingerprint density at radius 3 is 2.53 bits per heavy atom. The molecule has 17 heavy (non-hydrogen) atoms. The second kappa shape index (κ2) is 5.10. The summed E-state index contributed by atoms with van der Waals surface area (Å²) in [6.45, 7) is 1.71. The van der Waals surface area contributed by atoms with Crippen molar-refractivity contribution >= 4 is 0 Å². The molecule has 2 N–H and O–H groups in total. The molecule has 0 aromatic heterocycles. The monoisotopic (exact) mass is 240 g/mol. The van der Waals surface area contributed by atoms with Crippen molar-refractivity contribution in [2.24, 2.45) is 11.7 Å². The molecule has 0 saturated carbocycles. The molecule has 1 aliphatic rings. The van der Waals surface area contributed by atoms with Crippen molar-refractivity contribution in [3.8, 4) is 0 Å². The second-order valence-corrected chi connectivity index (χ2v) is 4.99. The van der Waals surface area contributed by atoms with Gasteiger partial charge in [-0.2, -0.15) is 0 Å². The predicted molar refractivity (Wildman–Crippen MR) is 63.6 cm³/mol. The molecule has 94 valence electrons. The highest BCUT2D eigenvalue weighted by Gasteiger charge is 2.24. The number of likely N-dealkylation sites (N-methyl/N-ethyl adjacent to an activating group) is 1. The minimum absolute atomic E-state index is 0.105. The second-order valence-electron chi connectivity index (χ2n) is 4.99. The van der Waals surface area contributed by atoms with E-state index in [1.807, 2.05) is 7.05 Å². The first kappa shape index (κ1) is 12.5. The van der Waals surface area contributed by atoms with Crippen LogP contribution in [0.25, 0.3) is 0 Å². The lowest BCUT2D eigenvalue weighted by atomic mass is 9.89. The van der Waals surface area contributed by atoms with E-state index in [-0.39, 0.29) is 17.5 Å². The molecule has 0 amide bonds. The van der Waals surface area contributed by atoms with Crippen molar-refractivity contribution in [1.29, 1.82) is 0 Å². The Labute approximate surface area is 100 Å². The molecule has 2 atom stereocenters. The first-order valence-corrected chi connectivity index (χ1v) is 5.93. The number of hydrogen-bond donors (Lipinski definition) is 1. The Balaban J connectivity index is 2.10. The molecule has 2 unspecified atom stereocenters. The van der Waals surface area contributed by atoms with Gasteiger partial charge in [0.1, 0.15) is 11.6 Å². The molecule has 1 heterocycles. The van der Waals surface area contributed by atoms with Crippen molar-refractivity contribution in [2.45, 2.75) is 18.9 Å². The van der Waals surface area contributed by atoms with Gasteiger partial charge in [-0.1, -0.05) is 6.07 Å². The topological polar surface area (TPSA) is 29.3 Å². The molecular formula is C13H18F2N2. The third-order valence-electron chi connectivity index (χ3n) is 3.31. The van der Waals surface area contributed by atoms with Crippen LogP contribution >= 0.6 is 0 Å². The maximum Gasteiger partial charge on any atom is 0.129 e. The number of rotatable bonds is 2. The van der Waals surface area contributed by atoms with Gasteiger partial charge in [-0.25, -0.2) is 8.78 Å². The van der Waals surface area contributed by atoms with E-state index >= 15 is 0 Å². The Kier molecular flexibility index (Phi) is 3.74. The average Bonchev–Trinajstić information content (AvgIpc) is 2.22. The lowest BCUT2D eigenvalue weighted by molar-refractivity contribution is 0.186. The highest BCUT2D eigenvalue weighted by molar-refractivity contribution is 5.20. The van der Waals surface area contributed by atoms with E-state index < -0.39 is 11.6 Å². The fourth-order valence-electron chi connectivity index (χ4n) is 2.66. The number of nitrogens with two attached hydrogens (primary N) is 1. The average molecular weight is 240 g/mol. The van der Waals surface area contributed by atoms with Crippen LogP contribution in [-0.4, -0.2) is 31.1 Å². The summed E-state index contributed by atoms with van der Waals surface area (Å²) in [5, 5.41) is 0. The largest absolute Gasteiger partial charge is 0.327 e. The molecule has 1 aromatic carbocycles. The number of hydrogen-bond acceptors (Lipinski definition) is 2. The van der Waals surface area contributed by atoms with Crippen molar-refractivity contribution < 1.29 is 8.78 Å². The molecule has 2 nitrogen and oxygen atoms in total. The maximum absolute atomic E-state index is 13.5. The molecule has 0 radical (unpaired) electrons. The van der Waals surface area contributed by atoms with Crippen LogP contribution in [0, 0.1) is 17.6 Å². The van der Waals surface area contributed by atoms with Crippen LogP contribution in [0.3, 0.4) is 0 Å². The van der Waals surface area contributed by atoms with E-state index in [0.29, 0.717) is 6.42 Å². The first-order chi connectivity index (χ1) is 8.06. The maximum atomic E-state index is 13.5. The fourth-order valence-corrected chi connectivity index (χ4v) is 2.66. The Morgan fingerprint density at radius 1 is 1.29 bits per heavy atom. The standard InChI is InChI=1S/C13H18F2N2/c1-17-7-9(5-10(16)8-17)6-11-12(14)3-2-4-13(11)15/h2-4,9-10H,5-8,16H2,1H3. The van der Waals surface area contributed by atoms with E-state index in [4.69, 9.17) is 5.73 Å². The summed E-state index contributed by atoms with van der Waals surface area (Å²) in [5.41, 5.74) is 6.11. The van der Waals surface area contributed by atoms with Crippen LogP contribution in [0.15, 0.2) is 18.2 Å². The van der Waals surface area contributed by atoms with Gasteiger partial charge in [0.15, 0.2) is 0 Å². The van der Waals surface area contributed by atoms with Crippen molar-refractivity contribution in [3.05, 3.63) is 35.4 Å². The Bertz CT molecular complexity index is 365. The quantitative estimate of drug-likeness (QED) is 0.854. The molecule has 1 aromatic rings. The number of halogens is 2. The van der Waals surface area contributed by atoms with Crippen LogP contribution in [0.1, 0.15) is 12.0 Å². The number of benzene rings is 1. The summed E-state index contributed by atoms with van der Waals surface area (Å²) in [6.07, 6.45) is 1.26. The molecule has 1 aliphatic heterocycles. The van der Waals surface area contributed by atoms with Gasteiger partial charge in [-0.15, -0.1) is 0 Å². The number of piperidine rings is 1. The zero-order valence-corrected chi connectivity index (χ0v) is 10.00. The van der Waals surface area contributed by atoms with Gasteiger partial charge in [0.25, 0.3) is 0 Å². The van der Waals surface area contributed by atoms with Crippen molar-refractivity contribution in [1.82, 2.24) is 4.90 Å². The number of nitrogens with zero attached hydrogens (tertiary/aromatic N) is 1. The SMILES string of the molecule is CN1CC(N)CC(Cc2c(F)cccc2F)C1. The third kappa shape index (κ3) is 3.01. The highest BCUT2D eigenvalue weighted by atomic mass is 19.1. The smallest absolute Gasteiger partial charge is 0.129 e. The van der Waals surface area contributed by atoms with Crippen LogP contribution in [0.4, 0.5) is 8.78 Å². The van der Waals surface area contributed by atoms with E-state index in [9.17, 15) is 8.78 Å². The normalized spacial score (nSPS) is 26.1. The van der Waals surface area contributed by atoms with Gasteiger partial charge in [0.05, 0.1) is 0 Å². The van der Waals surface area contributed by atoms with E-state index in [1.165, 1.54) is 18.2 Å². The molecule has 0 bridgehead atoms. The summed E-state index contributed by atoms with van der Waals surface area (Å²) in [6, 6.07) is 4.12. The Morgan fingerprint density at radius 2 is 1.94 bits per heavy atom. The minimum Gasteiger partial charge on any atom is -0.327 e. The lowest BCUT2D eigenvalue weighted by Gasteiger charge is -2.34. The van der Waals surface area contributed by atoms with Crippen LogP contribution in [0.5, 0.6) is 0 Å². The van der Waals surface area contributed by atoms with Crippen LogP contribution < -0.4 is 5.73 Å². The molecule has 0 spiro atoms. The van der Waals surface area contributed by atoms with Crippen molar-refractivity contribution in [2.75, 3.05) is 20.1 Å². The van der Waals surface area contributed by atoms with Crippen LogP contribution in [-0.2, 0) is 6.42 Å². The molecule has 4 heteroatoms. The summed E-state index contributed by atoms with van der Waals surface area (Å²) < 4.78 is 27.0. The van der Waals surface area contributed by atoms with E-state index in [0.717, 1.165) is 19.5 Å². The molecule has 1 saturated heterocycles. The van der Waals surface area contributed by atoms with Crippen molar-refractivity contribution in [3.63, 3.8) is 0 Å². The van der Waals surface area contributed by atoms with Gasteiger partial charge >= 0.3 is 0 Å². The van der Waals surface area contributed by atoms with Gasteiger partial charge in [0.2, 0.25) is 0 Å². The highest BCUT2D eigenvalue weighted by Crippen LogP contribution is 2.22.